The van der Waals surface area contributed by atoms with Crippen LogP contribution in [0.2, 0.25) is 5.02 Å². The molecule has 1 aliphatic rings. The normalized spacial score (nSPS) is 14.5. The van der Waals surface area contributed by atoms with Gasteiger partial charge >= 0.3 is 5.82 Å². The topological polar surface area (TPSA) is 67.2 Å². The van der Waals surface area contributed by atoms with Crippen LogP contribution in [0, 0.1) is 0 Å². The Bertz CT molecular complexity index is 980. The zero-order valence-corrected chi connectivity index (χ0v) is 13.4. The van der Waals surface area contributed by atoms with Crippen LogP contribution >= 0.6 is 11.6 Å². The van der Waals surface area contributed by atoms with E-state index in [1.807, 2.05) is 66.9 Å². The summed E-state index contributed by atoms with van der Waals surface area (Å²) >= 11 is 6.24. The summed E-state index contributed by atoms with van der Waals surface area (Å²) < 4.78 is 1.64. The second-order valence-corrected chi connectivity index (χ2v) is 5.72. The van der Waals surface area contributed by atoms with E-state index in [1.54, 1.807) is 4.68 Å². The lowest BCUT2D eigenvalue weighted by molar-refractivity contribution is -0.440. The van der Waals surface area contributed by atoms with Crippen molar-refractivity contribution in [1.82, 2.24) is 10.2 Å². The van der Waals surface area contributed by atoms with E-state index in [-0.39, 0.29) is 0 Å². The molecule has 0 saturated carbocycles. The van der Waals surface area contributed by atoms with Crippen LogP contribution in [-0.4, -0.2) is 26.9 Å². The largest absolute Gasteiger partial charge is 0.386 e. The van der Waals surface area contributed by atoms with Crippen molar-refractivity contribution in [1.29, 1.82) is 0 Å². The molecule has 0 bridgehead atoms. The van der Waals surface area contributed by atoms with Crippen LogP contribution in [0.15, 0.2) is 65.8 Å². The molecule has 2 N–H and O–H groups in total. The highest BCUT2D eigenvalue weighted by atomic mass is 35.5. The lowest BCUT2D eigenvalue weighted by atomic mass is 10.1. The SMILES string of the molecule is NC1=N[N+](=Cc2ccccc2)c2nnc(-c3ccccc3Cl)cc21. The Morgan fingerprint density at radius 3 is 2.46 bits per heavy atom. The number of benzene rings is 2. The highest BCUT2D eigenvalue weighted by molar-refractivity contribution is 6.33. The number of nitrogens with two attached hydrogens (primary N) is 1. The summed E-state index contributed by atoms with van der Waals surface area (Å²) in [7, 11) is 0. The van der Waals surface area contributed by atoms with Crippen molar-refractivity contribution < 1.29 is 4.68 Å². The van der Waals surface area contributed by atoms with Gasteiger partial charge in [0.1, 0.15) is 17.5 Å². The van der Waals surface area contributed by atoms with Gasteiger partial charge < -0.3 is 5.73 Å². The van der Waals surface area contributed by atoms with E-state index in [9.17, 15) is 0 Å². The summed E-state index contributed by atoms with van der Waals surface area (Å²) in [4.78, 5) is 0. The number of halogens is 1. The second kappa shape index (κ2) is 5.86. The van der Waals surface area contributed by atoms with Gasteiger partial charge in [-0.1, -0.05) is 69.9 Å². The standard InChI is InChI=1S/C18H13ClN5/c19-15-9-5-4-8-13(15)16-10-14-17(20)23-24(18(14)22-21-16)11-12-6-2-1-3-7-12/h1-11H,(H2,20,23)/q+1. The number of rotatable bonds is 2. The molecule has 6 heteroatoms. The van der Waals surface area contributed by atoms with Crippen LogP contribution in [0.25, 0.3) is 11.3 Å². The van der Waals surface area contributed by atoms with Crippen molar-refractivity contribution in [2.45, 2.75) is 0 Å². The summed E-state index contributed by atoms with van der Waals surface area (Å²) in [6, 6.07) is 19.2. The molecule has 24 heavy (non-hydrogen) atoms. The monoisotopic (exact) mass is 334 g/mol. The highest BCUT2D eigenvalue weighted by Crippen LogP contribution is 2.29. The van der Waals surface area contributed by atoms with E-state index in [0.717, 1.165) is 16.7 Å². The summed E-state index contributed by atoms with van der Waals surface area (Å²) in [6.07, 6.45) is 1.86. The Labute approximate surface area is 143 Å². The molecular formula is C18H13ClN5+. The van der Waals surface area contributed by atoms with Gasteiger partial charge in [-0.25, -0.2) is 0 Å². The van der Waals surface area contributed by atoms with E-state index >= 15 is 0 Å². The average Bonchev–Trinajstić information content (AvgIpc) is 2.92. The molecule has 116 valence electrons. The molecule has 0 spiro atoms. The van der Waals surface area contributed by atoms with Crippen LogP contribution < -0.4 is 5.73 Å². The fourth-order valence-corrected chi connectivity index (χ4v) is 2.76. The van der Waals surface area contributed by atoms with Crippen molar-refractivity contribution in [2.24, 2.45) is 10.8 Å². The van der Waals surface area contributed by atoms with E-state index in [0.29, 0.717) is 22.4 Å². The van der Waals surface area contributed by atoms with Crippen LogP contribution in [0.3, 0.4) is 0 Å². The van der Waals surface area contributed by atoms with Crippen molar-refractivity contribution in [3.8, 4) is 11.3 Å². The van der Waals surface area contributed by atoms with E-state index in [2.05, 4.69) is 15.3 Å². The first-order valence-electron chi connectivity index (χ1n) is 7.38. The van der Waals surface area contributed by atoms with Gasteiger partial charge in [0.05, 0.1) is 10.1 Å². The molecule has 3 aromatic rings. The molecule has 0 amide bonds. The van der Waals surface area contributed by atoms with Crippen LogP contribution in [0.1, 0.15) is 11.1 Å². The molecule has 0 fully saturated rings. The molecule has 4 rings (SSSR count). The quantitative estimate of drug-likeness (QED) is 0.732. The molecular weight excluding hydrogens is 322 g/mol. The Morgan fingerprint density at radius 2 is 1.67 bits per heavy atom. The minimum atomic E-state index is 0.403. The lowest BCUT2D eigenvalue weighted by Crippen LogP contribution is -2.10. The van der Waals surface area contributed by atoms with E-state index < -0.39 is 0 Å². The van der Waals surface area contributed by atoms with Gasteiger partial charge in [0.15, 0.2) is 5.84 Å². The smallest absolute Gasteiger partial charge is 0.380 e. The molecule has 2 heterocycles. The average molecular weight is 335 g/mol. The Balaban J connectivity index is 1.80. The molecule has 0 saturated heterocycles. The molecule has 2 aromatic carbocycles. The maximum atomic E-state index is 6.24. The molecule has 0 radical (unpaired) electrons. The molecule has 0 aliphatic carbocycles. The van der Waals surface area contributed by atoms with Gasteiger partial charge in [-0.3, -0.25) is 0 Å². The van der Waals surface area contributed by atoms with Crippen molar-refractivity contribution in [3.63, 3.8) is 0 Å². The van der Waals surface area contributed by atoms with Gasteiger partial charge in [-0.15, -0.1) is 0 Å². The maximum Gasteiger partial charge on any atom is 0.386 e. The number of nitrogens with zero attached hydrogens (tertiary/aromatic N) is 4. The maximum absolute atomic E-state index is 6.24. The fourth-order valence-electron chi connectivity index (χ4n) is 2.53. The first kappa shape index (κ1) is 14.5. The number of hydrogen-bond donors (Lipinski definition) is 1. The minimum Gasteiger partial charge on any atom is -0.380 e. The molecule has 0 atom stereocenters. The van der Waals surface area contributed by atoms with Gasteiger partial charge in [-0.05, 0) is 17.2 Å². The Hall–Kier alpha value is -3.05. The molecule has 0 unspecified atom stereocenters. The second-order valence-electron chi connectivity index (χ2n) is 5.32. The van der Waals surface area contributed by atoms with Crippen LogP contribution in [0.5, 0.6) is 0 Å². The first-order chi connectivity index (χ1) is 11.7. The Morgan fingerprint density at radius 1 is 0.917 bits per heavy atom. The lowest BCUT2D eigenvalue weighted by Gasteiger charge is -2.01. The van der Waals surface area contributed by atoms with Crippen molar-refractivity contribution >= 4 is 29.5 Å². The number of hydrazone groups is 1. The third-order valence-corrected chi connectivity index (χ3v) is 4.03. The number of hydrogen-bond acceptors (Lipinski definition) is 4. The summed E-state index contributed by atoms with van der Waals surface area (Å²) in [6.45, 7) is 0. The van der Waals surface area contributed by atoms with Crippen LogP contribution in [0.4, 0.5) is 5.82 Å². The van der Waals surface area contributed by atoms with Gasteiger partial charge in [0.25, 0.3) is 0 Å². The third kappa shape index (κ3) is 2.55. The fraction of sp³-hybridized carbons (Fsp3) is 0. The zero-order valence-electron chi connectivity index (χ0n) is 12.6. The molecule has 5 nitrogen and oxygen atoms in total. The summed E-state index contributed by atoms with van der Waals surface area (Å²) in [5.41, 5.74) is 9.28. The molecule has 1 aliphatic heterocycles. The summed E-state index contributed by atoms with van der Waals surface area (Å²) in [5.74, 6) is 1.01. The predicted molar refractivity (Wildman–Crippen MR) is 94.7 cm³/mol. The first-order valence-corrected chi connectivity index (χ1v) is 7.76. The highest BCUT2D eigenvalue weighted by Gasteiger charge is 2.29. The summed E-state index contributed by atoms with van der Waals surface area (Å²) in [5, 5.41) is 13.5. The predicted octanol–water partition coefficient (Wildman–Crippen LogP) is 3.19. The molecule has 1 aromatic heterocycles. The van der Waals surface area contributed by atoms with Gasteiger partial charge in [0.2, 0.25) is 0 Å². The number of aromatic nitrogens is 2. The van der Waals surface area contributed by atoms with E-state index in [1.165, 1.54) is 0 Å². The third-order valence-electron chi connectivity index (χ3n) is 3.70. The number of fused-ring (bicyclic) bond motifs is 1. The minimum absolute atomic E-state index is 0.403. The zero-order chi connectivity index (χ0) is 16.5. The van der Waals surface area contributed by atoms with Crippen LogP contribution in [-0.2, 0) is 0 Å². The van der Waals surface area contributed by atoms with Crippen molar-refractivity contribution in [2.75, 3.05) is 0 Å². The van der Waals surface area contributed by atoms with E-state index in [4.69, 9.17) is 17.3 Å². The number of amidine groups is 1. The van der Waals surface area contributed by atoms with Gasteiger partial charge in [-0.2, -0.15) is 0 Å². The van der Waals surface area contributed by atoms with Gasteiger partial charge in [0, 0.05) is 11.1 Å². The van der Waals surface area contributed by atoms with Crippen molar-refractivity contribution in [3.05, 3.63) is 76.8 Å². The Kier molecular flexibility index (Phi) is 3.55.